The average Bonchev–Trinajstić information content (AvgIpc) is 3.73. The number of carbonyl (C=O) groups excluding carboxylic acids is 6. The van der Waals surface area contributed by atoms with Gasteiger partial charge in [-0.3, -0.25) is 48.2 Å². The van der Waals surface area contributed by atoms with Crippen LogP contribution in [0, 0.1) is 0 Å². The predicted molar refractivity (Wildman–Crippen MR) is 239 cm³/mol. The van der Waals surface area contributed by atoms with E-state index >= 15 is 0 Å². The maximum Gasteiger partial charge on any atom is 0.263 e. The number of nitrogens with one attached hydrogen (secondary N) is 2. The number of benzene rings is 6. The fourth-order valence-corrected chi connectivity index (χ4v) is 8.84. The van der Waals surface area contributed by atoms with Crippen LogP contribution < -0.4 is 10.9 Å². The third kappa shape index (κ3) is 6.69. The van der Waals surface area contributed by atoms with Gasteiger partial charge in [0.1, 0.15) is 6.73 Å². The van der Waals surface area contributed by atoms with Crippen molar-refractivity contribution in [1.82, 2.24) is 19.8 Å². The van der Waals surface area contributed by atoms with Gasteiger partial charge in [0.2, 0.25) is 11.6 Å². The maximum absolute atomic E-state index is 13.3. The summed E-state index contributed by atoms with van der Waals surface area (Å²) in [6.45, 7) is -0.486. The zero-order valence-electron chi connectivity index (χ0n) is 34.2. The topological polar surface area (TPSA) is 195 Å². The van der Waals surface area contributed by atoms with E-state index in [2.05, 4.69) is 9.97 Å². The molecule has 0 saturated heterocycles. The molecular weight excluding hydrogens is 825 g/mol. The van der Waals surface area contributed by atoms with E-state index < -0.39 is 18.5 Å². The molecule has 6 aromatic carbocycles. The minimum absolute atomic E-state index is 0.0443. The Bertz CT molecular complexity index is 3480. The monoisotopic (exact) mass is 858 g/mol. The minimum atomic E-state index is -0.563. The second kappa shape index (κ2) is 15.9. The number of H-pyrrole nitrogens is 2. The molecule has 0 radical (unpaired) electrons. The fourth-order valence-electron chi connectivity index (χ4n) is 8.84. The molecule has 13 heteroatoms. The Kier molecular flexibility index (Phi) is 9.88. The van der Waals surface area contributed by atoms with Crippen molar-refractivity contribution in [2.24, 2.45) is 0 Å². The lowest BCUT2D eigenvalue weighted by Gasteiger charge is -2.20. The largest absolute Gasteiger partial charge is 0.376 e. The summed E-state index contributed by atoms with van der Waals surface area (Å²) in [4.78, 5) is 108. The van der Waals surface area contributed by atoms with Gasteiger partial charge in [-0.25, -0.2) is 0 Å². The molecule has 0 atom stereocenters. The van der Waals surface area contributed by atoms with Crippen molar-refractivity contribution in [2.75, 3.05) is 6.73 Å². The highest BCUT2D eigenvalue weighted by atomic mass is 16.3. The Balaban J connectivity index is 0.000000128. The van der Waals surface area contributed by atoms with Gasteiger partial charge in [-0.2, -0.15) is 0 Å². The molecule has 2 aliphatic heterocycles. The number of carbonyl (C=O) groups is 6. The summed E-state index contributed by atoms with van der Waals surface area (Å²) >= 11 is 0. The SMILES string of the molecule is O=C1c2cc(CN3C(=O)c4ccccc4C3=O)ccc2Cc2c1[nH]c1ccccc1c2=O.O=C1c2ccccc2C(=O)N1CO.O=C1c2ccccc2Cc2c1[nH]c1ccccc1c2=O. The second-order valence-electron chi connectivity index (χ2n) is 15.8. The molecule has 2 aromatic heterocycles. The van der Waals surface area contributed by atoms with Gasteiger partial charge < -0.3 is 15.1 Å². The summed E-state index contributed by atoms with van der Waals surface area (Å²) in [5.74, 6) is -1.88. The van der Waals surface area contributed by atoms with Gasteiger partial charge in [0, 0.05) is 56.9 Å². The Hall–Kier alpha value is -8.68. The number of hydrogen-bond acceptors (Lipinski definition) is 9. The quantitative estimate of drug-likeness (QED) is 0.170. The van der Waals surface area contributed by atoms with Crippen molar-refractivity contribution < 1.29 is 33.9 Å². The first-order valence-electron chi connectivity index (χ1n) is 20.6. The number of nitrogens with zero attached hydrogens (tertiary/aromatic N) is 2. The zero-order chi connectivity index (χ0) is 45.1. The first kappa shape index (κ1) is 40.4. The smallest absolute Gasteiger partial charge is 0.263 e. The minimum Gasteiger partial charge on any atom is -0.376 e. The van der Waals surface area contributed by atoms with Crippen LogP contribution in [-0.2, 0) is 19.4 Å². The number of hydrogen-bond donors (Lipinski definition) is 3. The van der Waals surface area contributed by atoms with Gasteiger partial charge in [-0.1, -0.05) is 84.9 Å². The van der Waals surface area contributed by atoms with Crippen LogP contribution in [0.2, 0.25) is 0 Å². The number of ketones is 2. The summed E-state index contributed by atoms with van der Waals surface area (Å²) in [5, 5.41) is 9.96. The normalized spacial score (nSPS) is 14.2. The van der Waals surface area contributed by atoms with E-state index in [9.17, 15) is 38.4 Å². The van der Waals surface area contributed by atoms with Crippen molar-refractivity contribution in [3.63, 3.8) is 0 Å². The predicted octanol–water partition coefficient (Wildman–Crippen LogP) is 6.36. The van der Waals surface area contributed by atoms with E-state index in [1.165, 1.54) is 4.90 Å². The Morgan fingerprint density at radius 2 is 0.831 bits per heavy atom. The van der Waals surface area contributed by atoms with E-state index in [1.54, 1.807) is 91.0 Å². The second-order valence-corrected chi connectivity index (χ2v) is 15.8. The number of aliphatic hydroxyl groups excluding tert-OH is 1. The molecule has 0 fully saturated rings. The Morgan fingerprint density at radius 1 is 0.431 bits per heavy atom. The molecule has 4 aliphatic rings. The van der Waals surface area contributed by atoms with Gasteiger partial charge in [-0.15, -0.1) is 0 Å². The summed E-state index contributed by atoms with van der Waals surface area (Å²) in [6, 6.07) is 40.5. The first-order chi connectivity index (χ1) is 31.5. The number of pyridine rings is 2. The lowest BCUT2D eigenvalue weighted by Crippen LogP contribution is -2.30. The van der Waals surface area contributed by atoms with Gasteiger partial charge in [0.05, 0.1) is 40.2 Å². The molecule has 0 saturated carbocycles. The number of fused-ring (bicyclic) bond motifs is 8. The van der Waals surface area contributed by atoms with Crippen molar-refractivity contribution >= 4 is 57.0 Å². The van der Waals surface area contributed by atoms with Crippen LogP contribution in [-0.4, -0.2) is 66.8 Å². The molecule has 3 N–H and O–H groups in total. The maximum atomic E-state index is 13.3. The Morgan fingerprint density at radius 3 is 1.32 bits per heavy atom. The molecule has 316 valence electrons. The first-order valence-corrected chi connectivity index (χ1v) is 20.6. The molecule has 13 nitrogen and oxygen atoms in total. The summed E-state index contributed by atoms with van der Waals surface area (Å²) in [7, 11) is 0. The van der Waals surface area contributed by atoms with E-state index in [0.717, 1.165) is 16.0 Å². The standard InChI is InChI=1S/C26H16N2O4.C17H11NO2.C9H7NO3/c29-23-18-7-3-4-8-21(18)27-22-20(23)12-15-10-9-14(11-19(15)24(22)30)13-28-25(31)16-5-1-2-6-17(16)26(28)32;19-16-12-7-3-4-8-14(12)18-15-13(16)9-10-5-1-2-6-11(10)17(15)20;11-5-10-8(12)6-3-1-2-4-7(6)9(10)13/h1-11H,12-13H2,(H,27,29);1-8H,9H2,(H,18,19);1-4,11H,5H2. The zero-order valence-corrected chi connectivity index (χ0v) is 34.2. The Labute approximate surface area is 368 Å². The van der Waals surface area contributed by atoms with E-state index in [0.29, 0.717) is 96.1 Å². The third-order valence-electron chi connectivity index (χ3n) is 12.1. The highest BCUT2D eigenvalue weighted by molar-refractivity contribution is 6.22. The van der Waals surface area contributed by atoms with Crippen LogP contribution in [0.5, 0.6) is 0 Å². The number of imide groups is 2. The van der Waals surface area contributed by atoms with Gasteiger partial charge in [0.15, 0.2) is 10.9 Å². The average molecular weight is 859 g/mol. The molecule has 0 bridgehead atoms. The molecule has 4 heterocycles. The molecule has 8 aromatic rings. The van der Waals surface area contributed by atoms with Crippen LogP contribution in [0.25, 0.3) is 21.8 Å². The lowest BCUT2D eigenvalue weighted by molar-refractivity contribution is 0.0487. The van der Waals surface area contributed by atoms with Crippen LogP contribution in [0.1, 0.15) is 101 Å². The van der Waals surface area contributed by atoms with Crippen molar-refractivity contribution in [2.45, 2.75) is 19.4 Å². The van der Waals surface area contributed by atoms with Gasteiger partial charge in [-0.05, 0) is 71.3 Å². The van der Waals surface area contributed by atoms with E-state index in [-0.39, 0.29) is 40.8 Å². The highest BCUT2D eigenvalue weighted by Crippen LogP contribution is 2.30. The summed E-state index contributed by atoms with van der Waals surface area (Å²) in [5.41, 5.74) is 7.98. The van der Waals surface area contributed by atoms with Crippen LogP contribution in [0.3, 0.4) is 0 Å². The molecule has 4 amide bonds. The highest BCUT2D eigenvalue weighted by Gasteiger charge is 2.36. The van der Waals surface area contributed by atoms with Gasteiger partial charge in [0.25, 0.3) is 23.6 Å². The number of para-hydroxylation sites is 2. The number of rotatable bonds is 3. The van der Waals surface area contributed by atoms with Crippen LogP contribution in [0.4, 0.5) is 0 Å². The molecule has 0 spiro atoms. The van der Waals surface area contributed by atoms with Crippen LogP contribution >= 0.6 is 0 Å². The molecule has 12 rings (SSSR count). The van der Waals surface area contributed by atoms with Crippen molar-refractivity contribution in [3.8, 4) is 0 Å². The summed E-state index contributed by atoms with van der Waals surface area (Å²) in [6.07, 6.45) is 0.862. The third-order valence-corrected chi connectivity index (χ3v) is 12.1. The number of amides is 4. The van der Waals surface area contributed by atoms with Crippen LogP contribution in [0.15, 0.2) is 149 Å². The van der Waals surface area contributed by atoms with E-state index in [4.69, 9.17) is 5.11 Å². The lowest BCUT2D eigenvalue weighted by atomic mass is 9.86. The number of aliphatic hydroxyl groups is 1. The molecule has 0 unspecified atom stereocenters. The fraction of sp³-hybridized carbons (Fsp3) is 0.0769. The number of aromatic amines is 2. The molecular formula is C52H34N4O9. The van der Waals surface area contributed by atoms with E-state index in [1.807, 2.05) is 48.5 Å². The van der Waals surface area contributed by atoms with Gasteiger partial charge >= 0.3 is 0 Å². The van der Waals surface area contributed by atoms with Crippen molar-refractivity contribution in [3.05, 3.63) is 233 Å². The summed E-state index contributed by atoms with van der Waals surface area (Å²) < 4.78 is 0. The molecule has 2 aliphatic carbocycles. The van der Waals surface area contributed by atoms with Crippen molar-refractivity contribution in [1.29, 1.82) is 0 Å². The number of aromatic nitrogens is 2. The molecule has 65 heavy (non-hydrogen) atoms.